The van der Waals surface area contributed by atoms with Crippen LogP contribution in [0.4, 0.5) is 0 Å². The molecule has 1 saturated heterocycles. The number of terminal acetylenes is 1. The van der Waals surface area contributed by atoms with Crippen molar-refractivity contribution in [1.29, 1.82) is 0 Å². The molecule has 2 rings (SSSR count). The van der Waals surface area contributed by atoms with Gasteiger partial charge in [-0.05, 0) is 37.9 Å². The number of carbonyl (C=O) groups is 1. The van der Waals surface area contributed by atoms with E-state index >= 15 is 0 Å². The zero-order valence-electron chi connectivity index (χ0n) is 13.4. The quantitative estimate of drug-likeness (QED) is 0.819. The number of likely N-dealkylation sites (tertiary alicyclic amines) is 1. The number of benzene rings is 1. The molecule has 1 aliphatic rings. The third kappa shape index (κ3) is 4.61. The average molecular weight is 298 g/mol. The second kappa shape index (κ2) is 8.60. The zero-order chi connectivity index (χ0) is 15.8. The lowest BCUT2D eigenvalue weighted by Crippen LogP contribution is -2.41. The molecule has 3 nitrogen and oxygen atoms in total. The van der Waals surface area contributed by atoms with Crippen LogP contribution in [0.1, 0.15) is 37.7 Å². The highest BCUT2D eigenvalue weighted by Crippen LogP contribution is 2.20. The van der Waals surface area contributed by atoms with Gasteiger partial charge in [0, 0.05) is 18.4 Å². The summed E-state index contributed by atoms with van der Waals surface area (Å²) in [5.41, 5.74) is 1.30. The van der Waals surface area contributed by atoms with Crippen molar-refractivity contribution in [3.8, 4) is 12.3 Å². The van der Waals surface area contributed by atoms with Crippen molar-refractivity contribution in [1.82, 2.24) is 10.2 Å². The molecule has 1 amide bonds. The van der Waals surface area contributed by atoms with E-state index in [-0.39, 0.29) is 11.8 Å². The number of rotatable bonds is 6. The van der Waals surface area contributed by atoms with Gasteiger partial charge < -0.3 is 5.32 Å². The third-order valence-electron chi connectivity index (χ3n) is 4.56. The topological polar surface area (TPSA) is 32.3 Å². The summed E-state index contributed by atoms with van der Waals surface area (Å²) in [4.78, 5) is 14.6. The number of hydrogen-bond acceptors (Lipinski definition) is 2. The van der Waals surface area contributed by atoms with Crippen LogP contribution < -0.4 is 5.32 Å². The predicted octanol–water partition coefficient (Wildman–Crippen LogP) is 2.64. The van der Waals surface area contributed by atoms with E-state index in [1.54, 1.807) is 0 Å². The molecule has 0 aliphatic carbocycles. The van der Waals surface area contributed by atoms with Gasteiger partial charge in [-0.15, -0.1) is 6.42 Å². The molecule has 1 atom stereocenters. The first-order valence-electron chi connectivity index (χ1n) is 8.23. The van der Waals surface area contributed by atoms with Gasteiger partial charge in [0.2, 0.25) is 5.91 Å². The molecular formula is C19H26N2O. The second-order valence-electron chi connectivity index (χ2n) is 6.02. The van der Waals surface area contributed by atoms with E-state index < -0.39 is 0 Å². The molecule has 118 valence electrons. The Labute approximate surface area is 134 Å². The molecule has 1 heterocycles. The average Bonchev–Trinajstić information content (AvgIpc) is 2.57. The molecule has 0 spiro atoms. The Balaban J connectivity index is 1.79. The standard InChI is InChI=1S/C19H26N2O/c1-3-12-21-13-10-18(11-14-21)19(22)20-15-16(4-2)17-8-6-5-7-9-17/h1,5-9,16,18H,4,10-15H2,2H3,(H,20,22). The van der Waals surface area contributed by atoms with Gasteiger partial charge in [-0.1, -0.05) is 43.2 Å². The highest BCUT2D eigenvalue weighted by molar-refractivity contribution is 5.78. The number of nitrogens with one attached hydrogen (secondary N) is 1. The molecule has 1 aromatic rings. The summed E-state index contributed by atoms with van der Waals surface area (Å²) in [7, 11) is 0. The van der Waals surface area contributed by atoms with E-state index in [9.17, 15) is 4.79 Å². The van der Waals surface area contributed by atoms with Crippen molar-refractivity contribution in [2.45, 2.75) is 32.1 Å². The first-order valence-corrected chi connectivity index (χ1v) is 8.23. The molecule has 0 radical (unpaired) electrons. The lowest BCUT2D eigenvalue weighted by molar-refractivity contribution is -0.126. The van der Waals surface area contributed by atoms with E-state index in [1.807, 2.05) is 6.07 Å². The maximum absolute atomic E-state index is 12.3. The van der Waals surface area contributed by atoms with Gasteiger partial charge in [0.05, 0.1) is 6.54 Å². The monoisotopic (exact) mass is 298 g/mol. The van der Waals surface area contributed by atoms with Crippen molar-refractivity contribution in [2.24, 2.45) is 5.92 Å². The largest absolute Gasteiger partial charge is 0.355 e. The normalized spacial score (nSPS) is 17.6. The fraction of sp³-hybridized carbons (Fsp3) is 0.526. The van der Waals surface area contributed by atoms with Crippen LogP contribution in [0.3, 0.4) is 0 Å². The van der Waals surface area contributed by atoms with Crippen LogP contribution >= 0.6 is 0 Å². The Morgan fingerprint density at radius 2 is 2.05 bits per heavy atom. The van der Waals surface area contributed by atoms with Crippen LogP contribution in [0.2, 0.25) is 0 Å². The first-order chi connectivity index (χ1) is 10.7. The Hall–Kier alpha value is -1.79. The van der Waals surface area contributed by atoms with E-state index in [4.69, 9.17) is 6.42 Å². The molecule has 1 aliphatic heterocycles. The molecular weight excluding hydrogens is 272 g/mol. The fourth-order valence-corrected chi connectivity index (χ4v) is 3.07. The smallest absolute Gasteiger partial charge is 0.223 e. The summed E-state index contributed by atoms with van der Waals surface area (Å²) in [6, 6.07) is 10.4. The van der Waals surface area contributed by atoms with Crippen LogP contribution in [0.25, 0.3) is 0 Å². The number of piperidine rings is 1. The van der Waals surface area contributed by atoms with Gasteiger partial charge in [0.25, 0.3) is 0 Å². The first kappa shape index (κ1) is 16.6. The Bertz CT molecular complexity index is 498. The molecule has 1 aromatic carbocycles. The Morgan fingerprint density at radius 1 is 1.36 bits per heavy atom. The highest BCUT2D eigenvalue weighted by atomic mass is 16.1. The van der Waals surface area contributed by atoms with Crippen molar-refractivity contribution in [3.63, 3.8) is 0 Å². The Kier molecular flexibility index (Phi) is 6.48. The van der Waals surface area contributed by atoms with Crippen LogP contribution in [-0.2, 0) is 4.79 Å². The van der Waals surface area contributed by atoms with Crippen LogP contribution in [-0.4, -0.2) is 37.0 Å². The molecule has 0 saturated carbocycles. The summed E-state index contributed by atoms with van der Waals surface area (Å²) in [6.07, 6.45) is 8.19. The summed E-state index contributed by atoms with van der Waals surface area (Å²) in [5, 5.41) is 3.15. The van der Waals surface area contributed by atoms with E-state index in [2.05, 4.69) is 47.3 Å². The van der Waals surface area contributed by atoms with Gasteiger partial charge in [-0.3, -0.25) is 9.69 Å². The molecule has 3 heteroatoms. The SMILES string of the molecule is C#CCN1CCC(C(=O)NCC(CC)c2ccccc2)CC1. The fourth-order valence-electron chi connectivity index (χ4n) is 3.07. The summed E-state index contributed by atoms with van der Waals surface area (Å²) < 4.78 is 0. The van der Waals surface area contributed by atoms with Crippen LogP contribution in [0.15, 0.2) is 30.3 Å². The van der Waals surface area contributed by atoms with E-state index in [0.717, 1.165) is 38.9 Å². The number of carbonyl (C=O) groups excluding carboxylic acids is 1. The zero-order valence-corrected chi connectivity index (χ0v) is 13.4. The van der Waals surface area contributed by atoms with Gasteiger partial charge in [0.1, 0.15) is 0 Å². The molecule has 1 N–H and O–H groups in total. The Morgan fingerprint density at radius 3 is 2.64 bits per heavy atom. The van der Waals surface area contributed by atoms with Crippen LogP contribution in [0.5, 0.6) is 0 Å². The van der Waals surface area contributed by atoms with Crippen molar-refractivity contribution >= 4 is 5.91 Å². The summed E-state index contributed by atoms with van der Waals surface area (Å²) in [5.74, 6) is 3.41. The second-order valence-corrected chi connectivity index (χ2v) is 6.02. The predicted molar refractivity (Wildman–Crippen MR) is 90.5 cm³/mol. The molecule has 0 aromatic heterocycles. The van der Waals surface area contributed by atoms with Crippen molar-refractivity contribution in [2.75, 3.05) is 26.2 Å². The molecule has 1 unspecified atom stereocenters. The minimum Gasteiger partial charge on any atom is -0.355 e. The van der Waals surface area contributed by atoms with Crippen molar-refractivity contribution in [3.05, 3.63) is 35.9 Å². The number of nitrogens with zero attached hydrogens (tertiary/aromatic N) is 1. The van der Waals surface area contributed by atoms with Gasteiger partial charge in [-0.2, -0.15) is 0 Å². The lowest BCUT2D eigenvalue weighted by atomic mass is 9.94. The number of amides is 1. The van der Waals surface area contributed by atoms with Gasteiger partial charge >= 0.3 is 0 Å². The maximum atomic E-state index is 12.3. The summed E-state index contributed by atoms with van der Waals surface area (Å²) in [6.45, 7) is 5.45. The lowest BCUT2D eigenvalue weighted by Gasteiger charge is -2.30. The number of hydrogen-bond donors (Lipinski definition) is 1. The van der Waals surface area contributed by atoms with Crippen molar-refractivity contribution < 1.29 is 4.79 Å². The van der Waals surface area contributed by atoms with E-state index in [1.165, 1.54) is 5.56 Å². The van der Waals surface area contributed by atoms with Crippen LogP contribution in [0, 0.1) is 18.3 Å². The maximum Gasteiger partial charge on any atom is 0.223 e. The summed E-state index contributed by atoms with van der Waals surface area (Å²) >= 11 is 0. The third-order valence-corrected chi connectivity index (χ3v) is 4.56. The molecule has 22 heavy (non-hydrogen) atoms. The molecule has 0 bridgehead atoms. The highest BCUT2D eigenvalue weighted by Gasteiger charge is 2.24. The van der Waals surface area contributed by atoms with E-state index in [0.29, 0.717) is 12.5 Å². The van der Waals surface area contributed by atoms with Gasteiger partial charge in [-0.25, -0.2) is 0 Å². The van der Waals surface area contributed by atoms with Gasteiger partial charge in [0.15, 0.2) is 0 Å². The minimum atomic E-state index is 0.141. The molecule has 1 fully saturated rings. The minimum absolute atomic E-state index is 0.141.